The minimum Gasteiger partial charge on any atom is -0.496 e. The SMILES string of the molecule is COc1cc2ccccc2c2c1cc(C(=O)O)n2Cc1ccccc1.COc1cc2ccccc2c2c1cc(C(C)=O)n2Cc1ccccc1. The molecule has 248 valence electrons. The fourth-order valence-electron chi connectivity index (χ4n) is 6.84. The molecule has 0 unspecified atom stereocenters. The van der Waals surface area contributed by atoms with Crippen molar-refractivity contribution >= 4 is 55.1 Å². The van der Waals surface area contributed by atoms with Crippen molar-refractivity contribution in [1.29, 1.82) is 0 Å². The molecule has 7 heteroatoms. The van der Waals surface area contributed by atoms with Crippen LogP contribution in [0, 0.1) is 0 Å². The zero-order chi connectivity index (χ0) is 34.8. The number of ketones is 1. The average Bonchev–Trinajstić information content (AvgIpc) is 3.72. The monoisotopic (exact) mass is 660 g/mol. The Kier molecular flexibility index (Phi) is 8.79. The maximum atomic E-state index is 12.3. The van der Waals surface area contributed by atoms with Crippen LogP contribution in [0.15, 0.2) is 133 Å². The van der Waals surface area contributed by atoms with Crippen LogP contribution in [0.3, 0.4) is 0 Å². The summed E-state index contributed by atoms with van der Waals surface area (Å²) in [6.07, 6.45) is 0. The minimum absolute atomic E-state index is 0.0539. The molecule has 2 aromatic heterocycles. The van der Waals surface area contributed by atoms with E-state index in [1.165, 1.54) is 0 Å². The van der Waals surface area contributed by atoms with Gasteiger partial charge in [0.25, 0.3) is 0 Å². The second-order valence-corrected chi connectivity index (χ2v) is 12.2. The molecule has 0 saturated heterocycles. The normalized spacial score (nSPS) is 11.1. The first-order chi connectivity index (χ1) is 24.4. The lowest BCUT2D eigenvalue weighted by atomic mass is 10.1. The molecule has 8 aromatic rings. The molecule has 1 N–H and O–H groups in total. The quantitative estimate of drug-likeness (QED) is 0.164. The largest absolute Gasteiger partial charge is 0.496 e. The number of rotatable bonds is 8. The van der Waals surface area contributed by atoms with Crippen molar-refractivity contribution in [2.24, 2.45) is 0 Å². The van der Waals surface area contributed by atoms with Crippen LogP contribution in [-0.2, 0) is 13.1 Å². The van der Waals surface area contributed by atoms with Crippen LogP contribution < -0.4 is 9.47 Å². The van der Waals surface area contributed by atoms with Crippen molar-refractivity contribution in [3.05, 3.63) is 156 Å². The summed E-state index contributed by atoms with van der Waals surface area (Å²) in [5, 5.41) is 15.8. The predicted octanol–water partition coefficient (Wildman–Crippen LogP) is 9.60. The fraction of sp³-hybridized carbons (Fsp3) is 0.116. The van der Waals surface area contributed by atoms with E-state index in [4.69, 9.17) is 9.47 Å². The third kappa shape index (κ3) is 5.94. The molecule has 0 bridgehead atoms. The van der Waals surface area contributed by atoms with Gasteiger partial charge in [0, 0.05) is 41.6 Å². The molecule has 50 heavy (non-hydrogen) atoms. The molecule has 0 radical (unpaired) electrons. The van der Waals surface area contributed by atoms with Gasteiger partial charge >= 0.3 is 5.97 Å². The third-order valence-corrected chi connectivity index (χ3v) is 9.12. The summed E-state index contributed by atoms with van der Waals surface area (Å²) in [6.45, 7) is 2.75. The summed E-state index contributed by atoms with van der Waals surface area (Å²) in [4.78, 5) is 24.2. The van der Waals surface area contributed by atoms with Gasteiger partial charge in [-0.3, -0.25) is 4.79 Å². The highest BCUT2D eigenvalue weighted by molar-refractivity contribution is 6.13. The van der Waals surface area contributed by atoms with Crippen molar-refractivity contribution < 1.29 is 24.2 Å². The van der Waals surface area contributed by atoms with Crippen molar-refractivity contribution in [2.75, 3.05) is 14.2 Å². The molecule has 0 aliphatic carbocycles. The van der Waals surface area contributed by atoms with Crippen LogP contribution in [0.25, 0.3) is 43.4 Å². The summed E-state index contributed by atoms with van der Waals surface area (Å²) in [5.41, 5.74) is 5.10. The second-order valence-electron chi connectivity index (χ2n) is 12.2. The van der Waals surface area contributed by atoms with Crippen LogP contribution in [0.1, 0.15) is 39.0 Å². The van der Waals surface area contributed by atoms with E-state index in [-0.39, 0.29) is 11.5 Å². The molecule has 0 aliphatic heterocycles. The maximum Gasteiger partial charge on any atom is 0.352 e. The van der Waals surface area contributed by atoms with Crippen LogP contribution in [-0.4, -0.2) is 40.2 Å². The van der Waals surface area contributed by atoms with Gasteiger partial charge in [-0.1, -0.05) is 109 Å². The lowest BCUT2D eigenvalue weighted by Gasteiger charge is -2.12. The molecular weight excluding hydrogens is 624 g/mol. The lowest BCUT2D eigenvalue weighted by molar-refractivity contribution is 0.0686. The number of hydrogen-bond acceptors (Lipinski definition) is 4. The van der Waals surface area contributed by atoms with Crippen molar-refractivity contribution in [1.82, 2.24) is 9.13 Å². The topological polar surface area (TPSA) is 82.7 Å². The van der Waals surface area contributed by atoms with Crippen molar-refractivity contribution in [2.45, 2.75) is 20.0 Å². The molecule has 2 heterocycles. The smallest absolute Gasteiger partial charge is 0.352 e. The Morgan fingerprint density at radius 1 is 0.540 bits per heavy atom. The van der Waals surface area contributed by atoms with E-state index in [9.17, 15) is 14.7 Å². The van der Waals surface area contributed by atoms with E-state index < -0.39 is 5.97 Å². The van der Waals surface area contributed by atoms with E-state index in [2.05, 4.69) is 28.8 Å². The highest BCUT2D eigenvalue weighted by atomic mass is 16.5. The third-order valence-electron chi connectivity index (χ3n) is 9.12. The van der Waals surface area contributed by atoms with Crippen LogP contribution in [0.2, 0.25) is 0 Å². The van der Waals surface area contributed by atoms with Gasteiger partial charge in [0.2, 0.25) is 0 Å². The number of Topliss-reactive ketones (excluding diaryl/α,β-unsaturated/α-hetero) is 1. The molecule has 0 atom stereocenters. The van der Waals surface area contributed by atoms with Crippen LogP contribution in [0.5, 0.6) is 11.5 Å². The number of nitrogens with zero attached hydrogens (tertiary/aromatic N) is 2. The number of carbonyl (C=O) groups is 2. The van der Waals surface area contributed by atoms with Crippen molar-refractivity contribution in [3.63, 3.8) is 0 Å². The van der Waals surface area contributed by atoms with Gasteiger partial charge < -0.3 is 23.7 Å². The fourth-order valence-corrected chi connectivity index (χ4v) is 6.84. The molecule has 0 amide bonds. The zero-order valence-corrected chi connectivity index (χ0v) is 28.1. The number of carboxylic acid groups (broad SMARTS) is 1. The Morgan fingerprint density at radius 3 is 1.36 bits per heavy atom. The Balaban J connectivity index is 0.000000157. The first-order valence-electron chi connectivity index (χ1n) is 16.4. The lowest BCUT2D eigenvalue weighted by Crippen LogP contribution is -2.09. The first-order valence-corrected chi connectivity index (χ1v) is 16.4. The molecule has 7 nitrogen and oxygen atoms in total. The predicted molar refractivity (Wildman–Crippen MR) is 200 cm³/mol. The van der Waals surface area contributed by atoms with Crippen molar-refractivity contribution in [3.8, 4) is 11.5 Å². The van der Waals surface area contributed by atoms with Gasteiger partial charge in [-0.15, -0.1) is 0 Å². The Morgan fingerprint density at radius 2 is 0.940 bits per heavy atom. The first kappa shape index (κ1) is 32.2. The number of carbonyl (C=O) groups excluding carboxylic acids is 1. The molecule has 0 spiro atoms. The minimum atomic E-state index is -0.946. The zero-order valence-electron chi connectivity index (χ0n) is 28.1. The number of aromatic nitrogens is 2. The molecule has 0 fully saturated rings. The summed E-state index contributed by atoms with van der Waals surface area (Å²) in [6, 6.07) is 43.9. The Hall–Kier alpha value is -6.34. The maximum absolute atomic E-state index is 12.3. The number of ether oxygens (including phenoxy) is 2. The Bertz CT molecular complexity index is 2340. The number of aromatic carboxylic acids is 1. The van der Waals surface area contributed by atoms with Crippen LogP contribution >= 0.6 is 0 Å². The van der Waals surface area contributed by atoms with E-state index in [0.717, 1.165) is 60.2 Å². The number of hydrogen-bond donors (Lipinski definition) is 1. The molecular formula is C43H36N2O5. The van der Waals surface area contributed by atoms with Gasteiger partial charge in [0.05, 0.1) is 30.9 Å². The highest BCUT2D eigenvalue weighted by Gasteiger charge is 2.21. The molecule has 8 rings (SSSR count). The van der Waals surface area contributed by atoms with Gasteiger partial charge in [-0.2, -0.15) is 0 Å². The summed E-state index contributed by atoms with van der Waals surface area (Å²) < 4.78 is 15.1. The number of carboxylic acids is 1. The number of fused-ring (bicyclic) bond motifs is 6. The molecule has 0 aliphatic rings. The second kappa shape index (κ2) is 13.6. The highest BCUT2D eigenvalue weighted by Crippen LogP contribution is 2.38. The summed E-state index contributed by atoms with van der Waals surface area (Å²) >= 11 is 0. The number of methoxy groups -OCH3 is 2. The van der Waals surface area contributed by atoms with E-state index in [1.54, 1.807) is 27.2 Å². The van der Waals surface area contributed by atoms with Gasteiger partial charge in [-0.05, 0) is 46.2 Å². The molecule has 0 saturated carbocycles. The Labute approximate surface area is 289 Å². The van der Waals surface area contributed by atoms with E-state index in [1.807, 2.05) is 108 Å². The standard InChI is InChI=1S/C22H19NO2.C21H17NO3/c1-15(24)20-13-19-21(25-2)12-17-10-6-7-11-18(17)22(19)23(20)14-16-8-4-3-5-9-16;1-25-19-11-15-9-5-6-10-16(15)20-17(19)12-18(21(23)24)22(20)13-14-7-3-2-4-8-14/h3-13H,14H2,1-2H3;2-12H,13H2,1H3,(H,23,24). The van der Waals surface area contributed by atoms with Gasteiger partial charge in [-0.25, -0.2) is 4.79 Å². The summed E-state index contributed by atoms with van der Waals surface area (Å²) in [7, 11) is 3.28. The van der Waals surface area contributed by atoms with Gasteiger partial charge in [0.1, 0.15) is 17.2 Å². The van der Waals surface area contributed by atoms with Crippen LogP contribution in [0.4, 0.5) is 0 Å². The number of benzene rings is 6. The average molecular weight is 661 g/mol. The summed E-state index contributed by atoms with van der Waals surface area (Å²) in [5.74, 6) is 0.586. The van der Waals surface area contributed by atoms with E-state index >= 15 is 0 Å². The molecule has 6 aromatic carbocycles. The van der Waals surface area contributed by atoms with E-state index in [0.29, 0.717) is 24.5 Å². The van der Waals surface area contributed by atoms with Gasteiger partial charge in [0.15, 0.2) is 5.78 Å².